The van der Waals surface area contributed by atoms with Gasteiger partial charge in [-0.05, 0) is 74.1 Å². The fraction of sp³-hybridized carbons (Fsp3) is 0.333. The van der Waals surface area contributed by atoms with Gasteiger partial charge in [0, 0.05) is 11.3 Å². The Morgan fingerprint density at radius 3 is 2.57 bits per heavy atom. The van der Waals surface area contributed by atoms with Crippen LogP contribution in [0.2, 0.25) is 0 Å². The number of nitrogens with one attached hydrogen (secondary N) is 1. The molecule has 0 saturated heterocycles. The van der Waals surface area contributed by atoms with Crippen molar-refractivity contribution in [2.45, 2.75) is 39.2 Å². The third-order valence-electron chi connectivity index (χ3n) is 4.23. The second kappa shape index (κ2) is 5.47. The molecule has 3 heteroatoms. The van der Waals surface area contributed by atoms with E-state index in [-0.39, 0.29) is 17.7 Å². The van der Waals surface area contributed by atoms with E-state index in [2.05, 4.69) is 17.4 Å². The van der Waals surface area contributed by atoms with Crippen LogP contribution >= 0.6 is 0 Å². The van der Waals surface area contributed by atoms with Crippen LogP contribution in [0.3, 0.4) is 0 Å². The first-order chi connectivity index (χ1) is 10.0. The third-order valence-corrected chi connectivity index (χ3v) is 4.23. The first-order valence-electron chi connectivity index (χ1n) is 7.38. The van der Waals surface area contributed by atoms with Gasteiger partial charge < -0.3 is 5.32 Å². The summed E-state index contributed by atoms with van der Waals surface area (Å²) in [6.45, 7) is 3.42. The lowest BCUT2D eigenvalue weighted by atomic mass is 10.0. The Hall–Kier alpha value is -1.90. The van der Waals surface area contributed by atoms with Crippen LogP contribution in [-0.4, -0.2) is 0 Å². The fourth-order valence-corrected chi connectivity index (χ4v) is 2.98. The topological polar surface area (TPSA) is 12.0 Å². The summed E-state index contributed by atoms with van der Waals surface area (Å²) in [5.41, 5.74) is 4.42. The van der Waals surface area contributed by atoms with Crippen LogP contribution in [0.4, 0.5) is 14.5 Å². The molecule has 0 aliphatic heterocycles. The van der Waals surface area contributed by atoms with Crippen LogP contribution in [-0.2, 0) is 12.8 Å². The van der Waals surface area contributed by atoms with Crippen molar-refractivity contribution in [2.75, 3.05) is 5.32 Å². The molecule has 1 aliphatic rings. The van der Waals surface area contributed by atoms with Crippen molar-refractivity contribution < 1.29 is 8.78 Å². The van der Waals surface area contributed by atoms with Crippen molar-refractivity contribution in [1.29, 1.82) is 0 Å². The number of anilines is 1. The average molecular weight is 287 g/mol. The van der Waals surface area contributed by atoms with Crippen molar-refractivity contribution >= 4 is 5.69 Å². The monoisotopic (exact) mass is 287 g/mol. The van der Waals surface area contributed by atoms with Gasteiger partial charge in [0.05, 0.1) is 6.04 Å². The largest absolute Gasteiger partial charge is 0.378 e. The van der Waals surface area contributed by atoms with E-state index in [1.165, 1.54) is 29.7 Å². The van der Waals surface area contributed by atoms with E-state index in [0.29, 0.717) is 11.1 Å². The maximum Gasteiger partial charge on any atom is 0.128 e. The van der Waals surface area contributed by atoms with Crippen LogP contribution in [0, 0.1) is 18.6 Å². The van der Waals surface area contributed by atoms with Crippen LogP contribution in [0.5, 0.6) is 0 Å². The van der Waals surface area contributed by atoms with Crippen LogP contribution in [0.25, 0.3) is 0 Å². The van der Waals surface area contributed by atoms with Crippen LogP contribution < -0.4 is 5.32 Å². The van der Waals surface area contributed by atoms with E-state index in [4.69, 9.17) is 0 Å². The molecule has 21 heavy (non-hydrogen) atoms. The molecule has 2 aromatic rings. The van der Waals surface area contributed by atoms with Gasteiger partial charge in [0.15, 0.2) is 0 Å². The second-order valence-electron chi connectivity index (χ2n) is 5.83. The molecule has 0 fully saturated rings. The minimum Gasteiger partial charge on any atom is -0.378 e. The molecule has 0 amide bonds. The highest BCUT2D eigenvalue weighted by Crippen LogP contribution is 2.28. The van der Waals surface area contributed by atoms with E-state index in [1.54, 1.807) is 6.92 Å². The van der Waals surface area contributed by atoms with Gasteiger partial charge in [-0.1, -0.05) is 6.07 Å². The summed E-state index contributed by atoms with van der Waals surface area (Å²) in [6, 6.07) is 8.54. The van der Waals surface area contributed by atoms with Gasteiger partial charge in [0.25, 0.3) is 0 Å². The Balaban J connectivity index is 1.83. The molecule has 0 radical (unpaired) electrons. The number of aryl methyl sites for hydroxylation is 3. The van der Waals surface area contributed by atoms with E-state index < -0.39 is 0 Å². The van der Waals surface area contributed by atoms with Crippen molar-refractivity contribution in [3.8, 4) is 0 Å². The highest BCUT2D eigenvalue weighted by molar-refractivity contribution is 5.51. The summed E-state index contributed by atoms with van der Waals surface area (Å²) < 4.78 is 27.6. The summed E-state index contributed by atoms with van der Waals surface area (Å²) in [4.78, 5) is 0. The zero-order chi connectivity index (χ0) is 15.0. The van der Waals surface area contributed by atoms with Crippen molar-refractivity contribution in [2.24, 2.45) is 0 Å². The Morgan fingerprint density at radius 2 is 1.76 bits per heavy atom. The van der Waals surface area contributed by atoms with E-state index >= 15 is 0 Å². The predicted octanol–water partition coefficient (Wildman–Crippen LogP) is 4.94. The van der Waals surface area contributed by atoms with Gasteiger partial charge >= 0.3 is 0 Å². The number of hydrogen-bond donors (Lipinski definition) is 1. The molecule has 2 aromatic carbocycles. The van der Waals surface area contributed by atoms with Gasteiger partial charge in [0.2, 0.25) is 0 Å². The van der Waals surface area contributed by atoms with Crippen molar-refractivity contribution in [1.82, 2.24) is 0 Å². The fourth-order valence-electron chi connectivity index (χ4n) is 2.98. The lowest BCUT2D eigenvalue weighted by Crippen LogP contribution is -2.10. The maximum absolute atomic E-state index is 14.0. The highest BCUT2D eigenvalue weighted by Gasteiger charge is 2.15. The Bertz CT molecular complexity index is 679. The molecule has 0 spiro atoms. The van der Waals surface area contributed by atoms with E-state index in [0.717, 1.165) is 18.5 Å². The van der Waals surface area contributed by atoms with Gasteiger partial charge in [-0.25, -0.2) is 8.78 Å². The SMILES string of the molecule is Cc1cc(F)c(C(C)Nc2ccc3c(c2)CCC3)cc1F. The maximum atomic E-state index is 14.0. The third kappa shape index (κ3) is 2.78. The quantitative estimate of drug-likeness (QED) is 0.843. The first-order valence-corrected chi connectivity index (χ1v) is 7.38. The van der Waals surface area contributed by atoms with Crippen LogP contribution in [0.1, 0.15) is 41.6 Å². The van der Waals surface area contributed by atoms with Gasteiger partial charge in [-0.2, -0.15) is 0 Å². The number of rotatable bonds is 3. The molecule has 1 aliphatic carbocycles. The molecule has 0 aromatic heterocycles. The van der Waals surface area contributed by atoms with Crippen molar-refractivity contribution in [3.05, 3.63) is 64.2 Å². The Labute approximate surface area is 124 Å². The molecule has 110 valence electrons. The molecule has 0 heterocycles. The molecule has 0 bridgehead atoms. The van der Waals surface area contributed by atoms with Crippen molar-refractivity contribution in [3.63, 3.8) is 0 Å². The number of fused-ring (bicyclic) bond motifs is 1. The standard InChI is InChI=1S/C18H19F2N/c1-11-8-18(20)16(10-17(11)19)12(2)21-15-7-6-13-4-3-5-14(13)9-15/h6-10,12,21H,3-5H2,1-2H3. The summed E-state index contributed by atoms with van der Waals surface area (Å²) >= 11 is 0. The second-order valence-corrected chi connectivity index (χ2v) is 5.83. The van der Waals surface area contributed by atoms with Gasteiger partial charge in [0.1, 0.15) is 11.6 Å². The molecule has 1 N–H and O–H groups in total. The average Bonchev–Trinajstić information content (AvgIpc) is 2.90. The van der Waals surface area contributed by atoms with Gasteiger partial charge in [-0.15, -0.1) is 0 Å². The summed E-state index contributed by atoms with van der Waals surface area (Å²) in [5, 5.41) is 3.27. The number of halogens is 2. The Morgan fingerprint density at radius 1 is 1.00 bits per heavy atom. The zero-order valence-electron chi connectivity index (χ0n) is 12.3. The highest BCUT2D eigenvalue weighted by atomic mass is 19.1. The lowest BCUT2D eigenvalue weighted by molar-refractivity contribution is 0.571. The number of benzene rings is 2. The predicted molar refractivity (Wildman–Crippen MR) is 81.6 cm³/mol. The molecular formula is C18H19F2N. The van der Waals surface area contributed by atoms with Gasteiger partial charge in [-0.3, -0.25) is 0 Å². The van der Waals surface area contributed by atoms with E-state index in [9.17, 15) is 8.78 Å². The molecule has 0 saturated carbocycles. The van der Waals surface area contributed by atoms with Crippen LogP contribution in [0.15, 0.2) is 30.3 Å². The molecule has 1 atom stereocenters. The zero-order valence-corrected chi connectivity index (χ0v) is 12.3. The van der Waals surface area contributed by atoms with E-state index in [1.807, 2.05) is 13.0 Å². The summed E-state index contributed by atoms with van der Waals surface area (Å²) in [6.07, 6.45) is 3.45. The molecular weight excluding hydrogens is 268 g/mol. The molecule has 1 nitrogen and oxygen atoms in total. The minimum absolute atomic E-state index is 0.278. The summed E-state index contributed by atoms with van der Waals surface area (Å²) in [7, 11) is 0. The lowest BCUT2D eigenvalue weighted by Gasteiger charge is -2.18. The molecule has 3 rings (SSSR count). The first kappa shape index (κ1) is 14.1. The normalized spacial score (nSPS) is 14.9. The summed E-state index contributed by atoms with van der Waals surface area (Å²) in [5.74, 6) is -0.732. The number of hydrogen-bond acceptors (Lipinski definition) is 1. The smallest absolute Gasteiger partial charge is 0.128 e. The minimum atomic E-state index is -0.367. The molecule has 1 unspecified atom stereocenters. The Kier molecular flexibility index (Phi) is 3.66.